The molecule has 2 aliphatic heterocycles. The summed E-state index contributed by atoms with van der Waals surface area (Å²) in [7, 11) is 0. The Morgan fingerprint density at radius 2 is 2.19 bits per heavy atom. The van der Waals surface area contributed by atoms with E-state index in [1.165, 1.54) is 0 Å². The molecule has 1 atom stereocenters. The summed E-state index contributed by atoms with van der Waals surface area (Å²) < 4.78 is 10.6. The van der Waals surface area contributed by atoms with Crippen LogP contribution in [0.3, 0.4) is 0 Å². The number of benzene rings is 1. The highest BCUT2D eigenvalue weighted by Gasteiger charge is 2.31. The third kappa shape index (κ3) is 2.79. The summed E-state index contributed by atoms with van der Waals surface area (Å²) in [5.74, 6) is 1.62. The number of rotatable bonds is 4. The fraction of sp³-hybridized carbons (Fsp3) is 0.467. The van der Waals surface area contributed by atoms with Gasteiger partial charge in [-0.1, -0.05) is 6.92 Å². The normalized spacial score (nSPS) is 20.0. The Morgan fingerprint density at radius 3 is 3.00 bits per heavy atom. The molecule has 2 amide bonds. The van der Waals surface area contributed by atoms with Crippen LogP contribution in [0.25, 0.3) is 0 Å². The topological polar surface area (TPSA) is 67.9 Å². The molecule has 1 unspecified atom stereocenters. The van der Waals surface area contributed by atoms with Crippen LogP contribution in [0.1, 0.15) is 19.8 Å². The van der Waals surface area contributed by atoms with Gasteiger partial charge in [-0.05, 0) is 12.1 Å². The molecule has 1 fully saturated rings. The van der Waals surface area contributed by atoms with Gasteiger partial charge in [0.2, 0.25) is 18.6 Å². The fourth-order valence-electron chi connectivity index (χ4n) is 2.60. The second-order valence-corrected chi connectivity index (χ2v) is 5.27. The lowest BCUT2D eigenvalue weighted by molar-refractivity contribution is -0.121. The molecule has 0 aliphatic carbocycles. The van der Waals surface area contributed by atoms with Crippen molar-refractivity contribution < 1.29 is 19.1 Å². The van der Waals surface area contributed by atoms with Crippen LogP contribution in [0, 0.1) is 5.92 Å². The van der Waals surface area contributed by atoms with E-state index in [-0.39, 0.29) is 24.5 Å². The van der Waals surface area contributed by atoms with Gasteiger partial charge in [0.25, 0.3) is 0 Å². The minimum atomic E-state index is 0.0176. The molecule has 6 nitrogen and oxygen atoms in total. The highest BCUT2D eigenvalue weighted by Crippen LogP contribution is 2.37. The van der Waals surface area contributed by atoms with Crippen LogP contribution in [0.5, 0.6) is 11.5 Å². The Balaban J connectivity index is 1.66. The number of hydrogen-bond acceptors (Lipinski definition) is 4. The number of carbonyl (C=O) groups is 2. The summed E-state index contributed by atoms with van der Waals surface area (Å²) in [5, 5.41) is 2.85. The zero-order valence-electron chi connectivity index (χ0n) is 11.9. The van der Waals surface area contributed by atoms with Crippen molar-refractivity contribution in [2.45, 2.75) is 19.8 Å². The van der Waals surface area contributed by atoms with E-state index in [2.05, 4.69) is 5.32 Å². The van der Waals surface area contributed by atoms with Crippen molar-refractivity contribution in [3.05, 3.63) is 18.2 Å². The molecule has 1 aromatic carbocycles. The molecule has 1 aromatic rings. The highest BCUT2D eigenvalue weighted by atomic mass is 16.7. The maximum atomic E-state index is 12.1. The molecule has 0 saturated carbocycles. The third-order valence-corrected chi connectivity index (χ3v) is 3.78. The van der Waals surface area contributed by atoms with Crippen molar-refractivity contribution in [3.63, 3.8) is 0 Å². The number of hydrogen-bond donors (Lipinski definition) is 1. The number of amides is 2. The Kier molecular flexibility index (Phi) is 3.68. The molecule has 21 heavy (non-hydrogen) atoms. The van der Waals surface area contributed by atoms with Crippen molar-refractivity contribution in [1.29, 1.82) is 0 Å². The maximum absolute atomic E-state index is 12.1. The molecule has 6 heteroatoms. The molecular formula is C15H18N2O4. The lowest BCUT2D eigenvalue weighted by Crippen LogP contribution is -2.30. The molecule has 112 valence electrons. The average molecular weight is 290 g/mol. The first kappa shape index (κ1) is 13.7. The van der Waals surface area contributed by atoms with Gasteiger partial charge in [0.05, 0.1) is 0 Å². The Hall–Kier alpha value is -2.24. The Morgan fingerprint density at radius 1 is 1.38 bits per heavy atom. The lowest BCUT2D eigenvalue weighted by Gasteiger charge is -2.17. The zero-order valence-corrected chi connectivity index (χ0v) is 11.9. The molecule has 0 bridgehead atoms. The van der Waals surface area contributed by atoms with Crippen LogP contribution in [0.15, 0.2) is 18.2 Å². The molecule has 2 aliphatic rings. The summed E-state index contributed by atoms with van der Waals surface area (Å²) in [6.07, 6.45) is 0.922. The summed E-state index contributed by atoms with van der Waals surface area (Å²) in [6, 6.07) is 5.50. The van der Waals surface area contributed by atoms with Crippen LogP contribution in [0.4, 0.5) is 5.69 Å². The van der Waals surface area contributed by atoms with Gasteiger partial charge in [-0.15, -0.1) is 0 Å². The first-order valence-corrected chi connectivity index (χ1v) is 7.14. The number of fused-ring (bicyclic) bond motifs is 1. The molecule has 1 N–H and O–H groups in total. The average Bonchev–Trinajstić information content (AvgIpc) is 3.10. The Bertz CT molecular complexity index is 573. The van der Waals surface area contributed by atoms with Gasteiger partial charge >= 0.3 is 0 Å². The molecule has 1 saturated heterocycles. The minimum Gasteiger partial charge on any atom is -0.454 e. The number of nitrogens with zero attached hydrogens (tertiary/aromatic N) is 1. The van der Waals surface area contributed by atoms with Crippen molar-refractivity contribution >= 4 is 17.5 Å². The molecule has 0 radical (unpaired) electrons. The summed E-state index contributed by atoms with van der Waals surface area (Å²) in [4.78, 5) is 25.2. The van der Waals surface area contributed by atoms with E-state index in [1.807, 2.05) is 25.1 Å². The van der Waals surface area contributed by atoms with Gasteiger partial charge < -0.3 is 19.7 Å². The SMILES string of the molecule is CCC(=O)NCC1CC(=O)N(c2ccc3c(c2)OCO3)C1. The molecule has 0 spiro atoms. The molecule has 2 heterocycles. The first-order chi connectivity index (χ1) is 10.2. The molecule has 3 rings (SSSR count). The largest absolute Gasteiger partial charge is 0.454 e. The zero-order chi connectivity index (χ0) is 14.8. The number of carbonyl (C=O) groups excluding carboxylic acids is 2. The van der Waals surface area contributed by atoms with Gasteiger partial charge in [0.1, 0.15) is 0 Å². The lowest BCUT2D eigenvalue weighted by atomic mass is 10.1. The second kappa shape index (κ2) is 5.63. The monoisotopic (exact) mass is 290 g/mol. The van der Waals surface area contributed by atoms with Crippen molar-refractivity contribution in [3.8, 4) is 11.5 Å². The van der Waals surface area contributed by atoms with Crippen LogP contribution in [-0.4, -0.2) is 31.7 Å². The highest BCUT2D eigenvalue weighted by molar-refractivity contribution is 5.96. The number of ether oxygens (including phenoxy) is 2. The van der Waals surface area contributed by atoms with Crippen LogP contribution in [0.2, 0.25) is 0 Å². The van der Waals surface area contributed by atoms with E-state index in [1.54, 1.807) is 4.90 Å². The van der Waals surface area contributed by atoms with E-state index in [0.29, 0.717) is 37.4 Å². The molecular weight excluding hydrogens is 272 g/mol. The van der Waals surface area contributed by atoms with E-state index in [9.17, 15) is 9.59 Å². The van der Waals surface area contributed by atoms with Gasteiger partial charge in [0.15, 0.2) is 11.5 Å². The van der Waals surface area contributed by atoms with Gasteiger partial charge in [-0.2, -0.15) is 0 Å². The standard InChI is InChI=1S/C15H18N2O4/c1-2-14(18)16-7-10-5-15(19)17(8-10)11-3-4-12-13(6-11)21-9-20-12/h3-4,6,10H,2,5,7-9H2,1H3,(H,16,18). The molecule has 0 aromatic heterocycles. The summed E-state index contributed by atoms with van der Waals surface area (Å²) >= 11 is 0. The quantitative estimate of drug-likeness (QED) is 0.907. The summed E-state index contributed by atoms with van der Waals surface area (Å²) in [6.45, 7) is 3.19. The van der Waals surface area contributed by atoms with E-state index < -0.39 is 0 Å². The van der Waals surface area contributed by atoms with E-state index >= 15 is 0 Å². The predicted octanol–water partition coefficient (Wildman–Crippen LogP) is 1.29. The third-order valence-electron chi connectivity index (χ3n) is 3.78. The fourth-order valence-corrected chi connectivity index (χ4v) is 2.60. The van der Waals surface area contributed by atoms with E-state index in [4.69, 9.17) is 9.47 Å². The summed E-state index contributed by atoms with van der Waals surface area (Å²) in [5.41, 5.74) is 0.813. The number of anilines is 1. The minimum absolute atomic E-state index is 0.0176. The predicted molar refractivity (Wildman–Crippen MR) is 76.3 cm³/mol. The van der Waals surface area contributed by atoms with E-state index in [0.717, 1.165) is 5.69 Å². The van der Waals surface area contributed by atoms with Crippen molar-refractivity contribution in [2.24, 2.45) is 5.92 Å². The smallest absolute Gasteiger partial charge is 0.231 e. The van der Waals surface area contributed by atoms with Gasteiger partial charge in [-0.25, -0.2) is 0 Å². The first-order valence-electron chi connectivity index (χ1n) is 7.14. The Labute approximate surface area is 123 Å². The maximum Gasteiger partial charge on any atom is 0.231 e. The van der Waals surface area contributed by atoms with Crippen molar-refractivity contribution in [2.75, 3.05) is 24.8 Å². The van der Waals surface area contributed by atoms with Crippen LogP contribution in [-0.2, 0) is 9.59 Å². The van der Waals surface area contributed by atoms with Gasteiger partial charge in [-0.3, -0.25) is 9.59 Å². The van der Waals surface area contributed by atoms with Crippen molar-refractivity contribution in [1.82, 2.24) is 5.32 Å². The number of nitrogens with one attached hydrogen (secondary N) is 1. The van der Waals surface area contributed by atoms with Crippen LogP contribution < -0.4 is 19.7 Å². The van der Waals surface area contributed by atoms with Gasteiger partial charge in [0, 0.05) is 43.6 Å². The second-order valence-electron chi connectivity index (χ2n) is 5.27. The van der Waals surface area contributed by atoms with Crippen LogP contribution >= 0.6 is 0 Å².